The third-order valence-corrected chi connectivity index (χ3v) is 6.06. The van der Waals surface area contributed by atoms with E-state index in [1.54, 1.807) is 0 Å². The van der Waals surface area contributed by atoms with E-state index in [1.807, 2.05) is 29.2 Å². The van der Waals surface area contributed by atoms with E-state index in [-0.39, 0.29) is 11.5 Å². The van der Waals surface area contributed by atoms with Crippen molar-refractivity contribution in [2.45, 2.75) is 38.3 Å². The summed E-state index contributed by atoms with van der Waals surface area (Å²) in [5, 5.41) is 5.05. The molecule has 27 heavy (non-hydrogen) atoms. The summed E-state index contributed by atoms with van der Waals surface area (Å²) in [6, 6.07) is 8.36. The average Bonchev–Trinajstić information content (AvgIpc) is 3.09. The van der Waals surface area contributed by atoms with Crippen LogP contribution in [0.1, 0.15) is 30.5 Å². The maximum atomic E-state index is 12.6. The second-order valence-electron chi connectivity index (χ2n) is 7.76. The number of fused-ring (bicyclic) bond motifs is 3. The van der Waals surface area contributed by atoms with Crippen LogP contribution in [0.2, 0.25) is 0 Å². The summed E-state index contributed by atoms with van der Waals surface area (Å²) in [6.45, 7) is 3.61. The van der Waals surface area contributed by atoms with Gasteiger partial charge in [-0.05, 0) is 62.8 Å². The molecular weight excluding hydrogens is 340 g/mol. The van der Waals surface area contributed by atoms with Gasteiger partial charge in [-0.15, -0.1) is 0 Å². The van der Waals surface area contributed by atoms with Gasteiger partial charge in [0.2, 0.25) is 5.91 Å². The molecule has 0 bridgehead atoms. The number of carbonyl (C=O) groups excluding carboxylic acids is 1. The summed E-state index contributed by atoms with van der Waals surface area (Å²) in [5.41, 5.74) is 1.98. The van der Waals surface area contributed by atoms with E-state index in [2.05, 4.69) is 22.2 Å². The van der Waals surface area contributed by atoms with Crippen molar-refractivity contribution >= 4 is 16.7 Å². The molecule has 2 aliphatic rings. The third kappa shape index (κ3) is 3.77. The summed E-state index contributed by atoms with van der Waals surface area (Å²) in [4.78, 5) is 32.1. The van der Waals surface area contributed by atoms with Crippen molar-refractivity contribution in [3.63, 3.8) is 0 Å². The van der Waals surface area contributed by atoms with Gasteiger partial charge in [-0.25, -0.2) is 0 Å². The lowest BCUT2D eigenvalue weighted by Crippen LogP contribution is -2.42. The molecular formula is C21H28N4O2. The number of nitrogens with zero attached hydrogens (tertiary/aromatic N) is 2. The molecule has 144 valence electrons. The van der Waals surface area contributed by atoms with E-state index in [0.717, 1.165) is 35.9 Å². The molecule has 2 aliphatic heterocycles. The highest BCUT2D eigenvalue weighted by molar-refractivity contribution is 5.86. The Morgan fingerprint density at radius 1 is 1.26 bits per heavy atom. The Balaban J connectivity index is 1.35. The van der Waals surface area contributed by atoms with Crippen LogP contribution < -0.4 is 10.9 Å². The van der Waals surface area contributed by atoms with E-state index >= 15 is 0 Å². The van der Waals surface area contributed by atoms with Crippen LogP contribution in [0.15, 0.2) is 29.1 Å². The fourth-order valence-corrected chi connectivity index (χ4v) is 4.46. The molecule has 0 saturated carbocycles. The number of nitrogens with one attached hydrogen (secondary N) is 2. The minimum atomic E-state index is -0.0718. The van der Waals surface area contributed by atoms with Gasteiger partial charge in [-0.1, -0.05) is 18.2 Å². The van der Waals surface area contributed by atoms with Gasteiger partial charge >= 0.3 is 0 Å². The molecule has 1 aromatic carbocycles. The molecule has 1 fully saturated rings. The van der Waals surface area contributed by atoms with E-state index in [4.69, 9.17) is 0 Å². The fraction of sp³-hybridized carbons (Fsp3) is 0.524. The topological polar surface area (TPSA) is 68.4 Å². The van der Waals surface area contributed by atoms with Gasteiger partial charge in [0.1, 0.15) is 0 Å². The predicted molar refractivity (Wildman–Crippen MR) is 107 cm³/mol. The lowest BCUT2D eigenvalue weighted by molar-refractivity contribution is -0.131. The molecule has 0 radical (unpaired) electrons. The van der Waals surface area contributed by atoms with Crippen molar-refractivity contribution in [1.29, 1.82) is 0 Å². The maximum Gasteiger partial charge on any atom is 0.256 e. The molecule has 0 spiro atoms. The molecule has 6 nitrogen and oxygen atoms in total. The number of aromatic amines is 1. The number of benzene rings is 1. The second kappa shape index (κ2) is 7.82. The minimum Gasteiger partial charge on any atom is -0.335 e. The highest BCUT2D eigenvalue weighted by Gasteiger charge is 2.24. The maximum absolute atomic E-state index is 12.6. The Kier molecular flexibility index (Phi) is 5.27. The number of pyridine rings is 1. The lowest BCUT2D eigenvalue weighted by Gasteiger charge is -2.29. The van der Waals surface area contributed by atoms with Crippen molar-refractivity contribution in [2.24, 2.45) is 0 Å². The Labute approximate surface area is 159 Å². The van der Waals surface area contributed by atoms with E-state index in [9.17, 15) is 9.59 Å². The second-order valence-corrected chi connectivity index (χ2v) is 7.76. The first kappa shape index (κ1) is 18.2. The Bertz CT molecular complexity index is 891. The number of likely N-dealkylation sites (tertiary alicyclic amines) is 1. The molecule has 1 amide bonds. The van der Waals surface area contributed by atoms with E-state index in [0.29, 0.717) is 25.7 Å². The lowest BCUT2D eigenvalue weighted by atomic mass is 9.98. The zero-order valence-electron chi connectivity index (χ0n) is 16.0. The molecule has 3 heterocycles. The summed E-state index contributed by atoms with van der Waals surface area (Å²) in [5.74, 6) is 0.106. The summed E-state index contributed by atoms with van der Waals surface area (Å²) >= 11 is 0. The predicted octanol–water partition coefficient (Wildman–Crippen LogP) is 1.49. The number of hydrogen-bond acceptors (Lipinski definition) is 4. The molecule has 4 rings (SSSR count). The van der Waals surface area contributed by atoms with Crippen LogP contribution in [0.25, 0.3) is 10.8 Å². The van der Waals surface area contributed by atoms with Crippen molar-refractivity contribution in [3.05, 3.63) is 45.9 Å². The van der Waals surface area contributed by atoms with Crippen molar-refractivity contribution in [2.75, 3.05) is 33.2 Å². The highest BCUT2D eigenvalue weighted by Crippen LogP contribution is 2.23. The Hall–Kier alpha value is -2.18. The van der Waals surface area contributed by atoms with Crippen molar-refractivity contribution in [3.8, 4) is 0 Å². The van der Waals surface area contributed by atoms with Gasteiger partial charge in [0.05, 0.1) is 13.1 Å². The largest absolute Gasteiger partial charge is 0.335 e. The molecule has 1 aromatic heterocycles. The number of H-pyrrole nitrogens is 1. The quantitative estimate of drug-likeness (QED) is 0.785. The zero-order valence-corrected chi connectivity index (χ0v) is 16.0. The third-order valence-electron chi connectivity index (χ3n) is 6.06. The van der Waals surface area contributed by atoms with E-state index < -0.39 is 0 Å². The average molecular weight is 368 g/mol. The highest BCUT2D eigenvalue weighted by atomic mass is 16.2. The van der Waals surface area contributed by atoms with Crippen LogP contribution >= 0.6 is 0 Å². The molecule has 0 aliphatic carbocycles. The standard InChI is InChI=1S/C21H28N4O2/c1-24-11-4-5-15(24)8-10-22-13-20(26)25-12-9-17-16-6-2-3-7-18(16)21(27)23-19(17)14-25/h2-3,6-7,15,22H,4-5,8-14H2,1H3,(H,23,27). The monoisotopic (exact) mass is 368 g/mol. The summed E-state index contributed by atoms with van der Waals surface area (Å²) in [7, 11) is 2.18. The van der Waals surface area contributed by atoms with Gasteiger partial charge in [0, 0.05) is 23.7 Å². The van der Waals surface area contributed by atoms with Crippen LogP contribution in [0, 0.1) is 0 Å². The normalized spacial score (nSPS) is 20.2. The minimum absolute atomic E-state index is 0.0718. The van der Waals surface area contributed by atoms with Crippen LogP contribution in [-0.4, -0.2) is 60.0 Å². The zero-order chi connectivity index (χ0) is 18.8. The Morgan fingerprint density at radius 2 is 2.07 bits per heavy atom. The molecule has 1 saturated heterocycles. The van der Waals surface area contributed by atoms with Crippen molar-refractivity contribution in [1.82, 2.24) is 20.1 Å². The molecule has 2 N–H and O–H groups in total. The molecule has 1 atom stereocenters. The number of rotatable bonds is 5. The van der Waals surface area contributed by atoms with Crippen LogP contribution in [0.3, 0.4) is 0 Å². The van der Waals surface area contributed by atoms with Crippen LogP contribution in [0.5, 0.6) is 0 Å². The number of amides is 1. The molecule has 6 heteroatoms. The fourth-order valence-electron chi connectivity index (χ4n) is 4.46. The molecule has 1 unspecified atom stereocenters. The van der Waals surface area contributed by atoms with Gasteiger partial charge < -0.3 is 20.1 Å². The summed E-state index contributed by atoms with van der Waals surface area (Å²) < 4.78 is 0. The smallest absolute Gasteiger partial charge is 0.256 e. The van der Waals surface area contributed by atoms with Crippen LogP contribution in [0.4, 0.5) is 0 Å². The number of aromatic nitrogens is 1. The number of carbonyl (C=O) groups is 1. The van der Waals surface area contributed by atoms with Gasteiger partial charge in [0.15, 0.2) is 0 Å². The van der Waals surface area contributed by atoms with Gasteiger partial charge in [0.25, 0.3) is 5.56 Å². The first-order chi connectivity index (χ1) is 13.1. The van der Waals surface area contributed by atoms with E-state index in [1.165, 1.54) is 24.9 Å². The molecule has 2 aromatic rings. The van der Waals surface area contributed by atoms with Gasteiger partial charge in [-0.2, -0.15) is 0 Å². The van der Waals surface area contributed by atoms with Crippen molar-refractivity contribution < 1.29 is 4.79 Å². The number of hydrogen-bond donors (Lipinski definition) is 2. The Morgan fingerprint density at radius 3 is 2.85 bits per heavy atom. The SMILES string of the molecule is CN1CCCC1CCNCC(=O)N1CCc2c([nH]c(=O)c3ccccc23)C1. The summed E-state index contributed by atoms with van der Waals surface area (Å²) in [6.07, 6.45) is 4.41. The first-order valence-electron chi connectivity index (χ1n) is 9.95. The first-order valence-corrected chi connectivity index (χ1v) is 9.95. The van der Waals surface area contributed by atoms with Crippen LogP contribution in [-0.2, 0) is 17.8 Å². The van der Waals surface area contributed by atoms with Gasteiger partial charge in [-0.3, -0.25) is 9.59 Å².